The van der Waals surface area contributed by atoms with E-state index >= 15 is 0 Å². The number of anilines is 1. The van der Waals surface area contributed by atoms with E-state index in [1.807, 2.05) is 0 Å². The number of hydrogen-bond acceptors (Lipinski definition) is 5. The van der Waals surface area contributed by atoms with Crippen LogP contribution >= 0.6 is 12.6 Å². The van der Waals surface area contributed by atoms with Gasteiger partial charge in [-0.15, -0.1) is 0 Å². The van der Waals surface area contributed by atoms with E-state index in [9.17, 15) is 4.79 Å². The molecule has 0 bridgehead atoms. The molecule has 0 aliphatic carbocycles. The number of amides is 1. The summed E-state index contributed by atoms with van der Waals surface area (Å²) in [5, 5.41) is 0.0873. The fraction of sp³-hybridized carbons (Fsp3) is 0.429. The zero-order valence-corrected chi connectivity index (χ0v) is 7.69. The molecule has 0 radical (unpaired) electrons. The number of aromatic nitrogens is 3. The van der Waals surface area contributed by atoms with Gasteiger partial charge in [0.15, 0.2) is 0 Å². The van der Waals surface area contributed by atoms with E-state index in [0.717, 1.165) is 0 Å². The molecule has 1 aliphatic heterocycles. The van der Waals surface area contributed by atoms with Gasteiger partial charge in [-0.3, -0.25) is 9.69 Å². The number of rotatable bonds is 1. The molecule has 1 atom stereocenters. The molecule has 2 rings (SSSR count). The highest BCUT2D eigenvalue weighted by molar-refractivity contribution is 7.81. The molecule has 68 valence electrons. The van der Waals surface area contributed by atoms with Crippen molar-refractivity contribution in [2.24, 2.45) is 0 Å². The van der Waals surface area contributed by atoms with Gasteiger partial charge >= 0.3 is 0 Å². The molecule has 5 nitrogen and oxygen atoms in total. The summed E-state index contributed by atoms with van der Waals surface area (Å²) >= 11 is 4.23. The van der Waals surface area contributed by atoms with Crippen LogP contribution in [-0.4, -0.2) is 32.7 Å². The summed E-state index contributed by atoms with van der Waals surface area (Å²) in [5.74, 6) is 0.433. The molecule has 0 aromatic carbocycles. The van der Waals surface area contributed by atoms with Crippen LogP contribution in [0.2, 0.25) is 0 Å². The SMILES string of the molecule is O=C1CC(S)CN1c1ncncn1. The monoisotopic (exact) mass is 196 g/mol. The minimum absolute atomic E-state index is 0.0196. The first kappa shape index (κ1) is 8.43. The lowest BCUT2D eigenvalue weighted by molar-refractivity contribution is -0.117. The van der Waals surface area contributed by atoms with Gasteiger partial charge in [-0.2, -0.15) is 12.6 Å². The summed E-state index contributed by atoms with van der Waals surface area (Å²) in [6.07, 6.45) is 3.21. The van der Waals surface area contributed by atoms with Crippen molar-refractivity contribution >= 4 is 24.5 Å². The van der Waals surface area contributed by atoms with Crippen LogP contribution < -0.4 is 4.90 Å². The summed E-state index contributed by atoms with van der Waals surface area (Å²) in [6.45, 7) is 0.575. The summed E-state index contributed by atoms with van der Waals surface area (Å²) in [4.78, 5) is 24.4. The molecule has 1 aliphatic rings. The predicted octanol–water partition coefficient (Wildman–Crippen LogP) is -0.0933. The van der Waals surface area contributed by atoms with Gasteiger partial charge in [-0.1, -0.05) is 0 Å². The van der Waals surface area contributed by atoms with Gasteiger partial charge in [-0.25, -0.2) is 15.0 Å². The largest absolute Gasteiger partial charge is 0.279 e. The second kappa shape index (κ2) is 3.29. The van der Waals surface area contributed by atoms with Gasteiger partial charge in [0.05, 0.1) is 0 Å². The van der Waals surface area contributed by atoms with Crippen molar-refractivity contribution in [3.63, 3.8) is 0 Å². The molecule has 2 heterocycles. The van der Waals surface area contributed by atoms with Crippen molar-refractivity contribution in [1.29, 1.82) is 0 Å². The van der Waals surface area contributed by atoms with Crippen LogP contribution in [0.1, 0.15) is 6.42 Å². The van der Waals surface area contributed by atoms with E-state index in [1.54, 1.807) is 0 Å². The van der Waals surface area contributed by atoms with Crippen LogP contribution in [0.25, 0.3) is 0 Å². The summed E-state index contributed by atoms with van der Waals surface area (Å²) in [5.41, 5.74) is 0. The highest BCUT2D eigenvalue weighted by Gasteiger charge is 2.29. The van der Waals surface area contributed by atoms with E-state index in [2.05, 4.69) is 27.6 Å². The van der Waals surface area contributed by atoms with Crippen molar-refractivity contribution < 1.29 is 4.79 Å². The van der Waals surface area contributed by atoms with E-state index in [-0.39, 0.29) is 11.2 Å². The van der Waals surface area contributed by atoms with E-state index < -0.39 is 0 Å². The molecule has 1 amide bonds. The van der Waals surface area contributed by atoms with Gasteiger partial charge in [0, 0.05) is 18.2 Å². The van der Waals surface area contributed by atoms with Crippen LogP contribution in [0.3, 0.4) is 0 Å². The number of nitrogens with zero attached hydrogens (tertiary/aromatic N) is 4. The molecule has 0 spiro atoms. The summed E-state index contributed by atoms with van der Waals surface area (Å²) < 4.78 is 0. The minimum atomic E-state index is 0.0196. The first-order valence-electron chi connectivity index (χ1n) is 3.88. The standard InChI is InChI=1S/C7H8N4OS/c12-6-1-5(13)2-11(6)7-9-3-8-4-10-7/h3-5,13H,1-2H2. The second-order valence-corrected chi connectivity index (χ2v) is 3.53. The molecule has 1 saturated heterocycles. The molecule has 13 heavy (non-hydrogen) atoms. The molecule has 0 saturated carbocycles. The minimum Gasteiger partial charge on any atom is -0.279 e. The zero-order chi connectivity index (χ0) is 9.26. The molecule has 0 N–H and O–H groups in total. The van der Waals surface area contributed by atoms with E-state index in [1.165, 1.54) is 17.6 Å². The quantitative estimate of drug-likeness (QED) is 0.637. The lowest BCUT2D eigenvalue weighted by atomic mass is 10.4. The smallest absolute Gasteiger partial charge is 0.235 e. The average molecular weight is 196 g/mol. The molecular weight excluding hydrogens is 188 g/mol. The van der Waals surface area contributed by atoms with Crippen LogP contribution in [0, 0.1) is 0 Å². The van der Waals surface area contributed by atoms with Crippen molar-refractivity contribution in [2.75, 3.05) is 11.4 Å². The van der Waals surface area contributed by atoms with Gasteiger partial charge in [-0.05, 0) is 0 Å². The highest BCUT2D eigenvalue weighted by atomic mass is 32.1. The average Bonchev–Trinajstić information content (AvgIpc) is 2.47. The Morgan fingerprint density at radius 1 is 1.46 bits per heavy atom. The summed E-state index contributed by atoms with van der Waals surface area (Å²) in [6, 6.07) is 0. The maximum absolute atomic E-state index is 11.4. The topological polar surface area (TPSA) is 59.0 Å². The first-order valence-corrected chi connectivity index (χ1v) is 4.39. The van der Waals surface area contributed by atoms with Crippen LogP contribution in [-0.2, 0) is 4.79 Å². The fourth-order valence-corrected chi connectivity index (χ4v) is 1.57. The molecule has 1 aromatic rings. The Hall–Kier alpha value is -1.17. The third-order valence-corrected chi connectivity index (χ3v) is 2.17. The third kappa shape index (κ3) is 1.62. The number of hydrogen-bond donors (Lipinski definition) is 1. The van der Waals surface area contributed by atoms with E-state index in [0.29, 0.717) is 18.9 Å². The number of carbonyl (C=O) groups is 1. The van der Waals surface area contributed by atoms with Crippen molar-refractivity contribution in [3.8, 4) is 0 Å². The molecule has 1 aromatic heterocycles. The number of carbonyl (C=O) groups excluding carboxylic acids is 1. The lowest BCUT2D eigenvalue weighted by Gasteiger charge is -2.11. The van der Waals surface area contributed by atoms with Crippen LogP contribution in [0.5, 0.6) is 0 Å². The Morgan fingerprint density at radius 2 is 2.15 bits per heavy atom. The van der Waals surface area contributed by atoms with Gasteiger partial charge < -0.3 is 0 Å². The zero-order valence-electron chi connectivity index (χ0n) is 6.79. The third-order valence-electron chi connectivity index (χ3n) is 1.83. The Bertz CT molecular complexity index is 318. The maximum atomic E-state index is 11.4. The van der Waals surface area contributed by atoms with Gasteiger partial charge in [0.25, 0.3) is 0 Å². The van der Waals surface area contributed by atoms with Crippen molar-refractivity contribution in [3.05, 3.63) is 12.7 Å². The van der Waals surface area contributed by atoms with Crippen molar-refractivity contribution in [1.82, 2.24) is 15.0 Å². The molecule has 1 fully saturated rings. The van der Waals surface area contributed by atoms with Gasteiger partial charge in [0.2, 0.25) is 11.9 Å². The van der Waals surface area contributed by atoms with Crippen LogP contribution in [0.4, 0.5) is 5.95 Å². The Kier molecular flexibility index (Phi) is 2.13. The number of thiol groups is 1. The van der Waals surface area contributed by atoms with Gasteiger partial charge in [0.1, 0.15) is 12.7 Å². The maximum Gasteiger partial charge on any atom is 0.235 e. The Labute approximate surface area is 80.6 Å². The fourth-order valence-electron chi connectivity index (χ4n) is 1.25. The Morgan fingerprint density at radius 3 is 2.69 bits per heavy atom. The van der Waals surface area contributed by atoms with E-state index in [4.69, 9.17) is 0 Å². The van der Waals surface area contributed by atoms with Crippen LogP contribution in [0.15, 0.2) is 12.7 Å². The Balaban J connectivity index is 2.23. The predicted molar refractivity (Wildman–Crippen MR) is 49.6 cm³/mol. The highest BCUT2D eigenvalue weighted by Crippen LogP contribution is 2.19. The first-order chi connectivity index (χ1) is 6.27. The molecule has 6 heteroatoms. The normalized spacial score (nSPS) is 22.4. The molecular formula is C7H8N4OS. The van der Waals surface area contributed by atoms with Crippen molar-refractivity contribution in [2.45, 2.75) is 11.7 Å². The summed E-state index contributed by atoms with van der Waals surface area (Å²) in [7, 11) is 0. The second-order valence-electron chi connectivity index (χ2n) is 2.80. The lowest BCUT2D eigenvalue weighted by Crippen LogP contribution is -2.26. The molecule has 1 unspecified atom stereocenters.